The fourth-order valence-corrected chi connectivity index (χ4v) is 4.45. The molecule has 1 fully saturated rings. The summed E-state index contributed by atoms with van der Waals surface area (Å²) in [6.07, 6.45) is 8.92. The fraction of sp³-hybridized carbons (Fsp3) is 0.700. The van der Waals surface area contributed by atoms with E-state index in [-0.39, 0.29) is 0 Å². The van der Waals surface area contributed by atoms with Crippen molar-refractivity contribution in [2.75, 3.05) is 17.2 Å². The van der Waals surface area contributed by atoms with E-state index in [1.54, 1.807) is 0 Å². The van der Waals surface area contributed by atoms with Crippen LogP contribution in [0.5, 0.6) is 0 Å². The van der Waals surface area contributed by atoms with Crippen molar-refractivity contribution in [1.29, 1.82) is 0 Å². The van der Waals surface area contributed by atoms with Gasteiger partial charge in [0.2, 0.25) is 0 Å². The highest BCUT2D eigenvalue weighted by Gasteiger charge is 2.26. The number of hydrogen-bond donors (Lipinski definition) is 1. The van der Waals surface area contributed by atoms with Crippen LogP contribution in [0.15, 0.2) is 0 Å². The van der Waals surface area contributed by atoms with Crippen molar-refractivity contribution in [3.8, 4) is 0 Å². The molecule has 0 amide bonds. The number of fused-ring (bicyclic) bond motifs is 1. The van der Waals surface area contributed by atoms with Gasteiger partial charge in [0, 0.05) is 18.7 Å². The van der Waals surface area contributed by atoms with Crippen LogP contribution in [-0.2, 0) is 13.0 Å². The Morgan fingerprint density at radius 1 is 1.12 bits per heavy atom. The third-order valence-corrected chi connectivity index (χ3v) is 6.36. The van der Waals surface area contributed by atoms with Gasteiger partial charge in [-0.15, -0.1) is 0 Å². The Hall–Kier alpha value is -1.23. The Morgan fingerprint density at radius 2 is 1.88 bits per heavy atom. The third-order valence-electron chi connectivity index (χ3n) is 5.21. The van der Waals surface area contributed by atoms with E-state index in [1.807, 2.05) is 6.92 Å². The summed E-state index contributed by atoms with van der Waals surface area (Å²) >= 11 is 2.10. The summed E-state index contributed by atoms with van der Waals surface area (Å²) in [5.41, 5.74) is 10.6. The van der Waals surface area contributed by atoms with E-state index >= 15 is 0 Å². The summed E-state index contributed by atoms with van der Waals surface area (Å²) in [6, 6.07) is 0. The molecule has 0 aliphatic heterocycles. The third kappa shape index (κ3) is 4.49. The summed E-state index contributed by atoms with van der Waals surface area (Å²) in [4.78, 5) is 9.39. The van der Waals surface area contributed by atoms with Gasteiger partial charge >= 0.3 is 0 Å². The number of nitrogen functional groups attached to an aromatic ring is 1. The fourth-order valence-electron chi connectivity index (χ4n) is 3.35. The van der Waals surface area contributed by atoms with Crippen LogP contribution in [0.2, 0.25) is 0 Å². The van der Waals surface area contributed by atoms with E-state index in [0.29, 0.717) is 5.82 Å². The van der Waals surface area contributed by atoms with Crippen molar-refractivity contribution in [2.45, 2.75) is 72.3 Å². The van der Waals surface area contributed by atoms with Gasteiger partial charge in [-0.25, -0.2) is 9.97 Å². The average Bonchev–Trinajstić information content (AvgIpc) is 3.32. The maximum Gasteiger partial charge on any atom is 0.151 e. The second-order valence-electron chi connectivity index (χ2n) is 7.40. The molecule has 2 aromatic rings. The Labute approximate surface area is 156 Å². The summed E-state index contributed by atoms with van der Waals surface area (Å²) in [5, 5.41) is 0. The van der Waals surface area contributed by atoms with Crippen LogP contribution in [0, 0.1) is 19.8 Å². The number of aryl methyl sites for hydroxylation is 3. The summed E-state index contributed by atoms with van der Waals surface area (Å²) in [7, 11) is 0. The smallest absolute Gasteiger partial charge is 0.151 e. The van der Waals surface area contributed by atoms with Crippen LogP contribution in [-0.4, -0.2) is 26.0 Å². The molecule has 4 nitrogen and oxygen atoms in total. The molecule has 138 valence electrons. The number of aromatic nitrogens is 3. The number of nitrogens with zero attached hydrogens (tertiary/aromatic N) is 3. The molecule has 2 N–H and O–H groups in total. The van der Waals surface area contributed by atoms with Gasteiger partial charge in [0.15, 0.2) is 5.82 Å². The van der Waals surface area contributed by atoms with Crippen molar-refractivity contribution in [2.24, 2.45) is 5.92 Å². The highest BCUT2D eigenvalue weighted by Crippen LogP contribution is 2.34. The van der Waals surface area contributed by atoms with Crippen molar-refractivity contribution >= 4 is 28.6 Å². The largest absolute Gasteiger partial charge is 0.382 e. The van der Waals surface area contributed by atoms with Crippen LogP contribution in [0.25, 0.3) is 11.0 Å². The van der Waals surface area contributed by atoms with E-state index < -0.39 is 0 Å². The summed E-state index contributed by atoms with van der Waals surface area (Å²) < 4.78 is 2.45. The molecule has 1 aliphatic rings. The number of unbranched alkanes of at least 4 members (excludes halogenated alkanes) is 2. The summed E-state index contributed by atoms with van der Waals surface area (Å²) in [5.74, 6) is 5.21. The van der Waals surface area contributed by atoms with Gasteiger partial charge in [-0.1, -0.05) is 13.3 Å². The van der Waals surface area contributed by atoms with E-state index in [9.17, 15) is 0 Å². The minimum absolute atomic E-state index is 0.587. The van der Waals surface area contributed by atoms with Crippen LogP contribution in [0.3, 0.4) is 0 Å². The molecular weight excluding hydrogens is 328 g/mol. The van der Waals surface area contributed by atoms with Gasteiger partial charge in [-0.3, -0.25) is 0 Å². The first-order chi connectivity index (χ1) is 12.1. The van der Waals surface area contributed by atoms with Crippen molar-refractivity contribution in [3.05, 3.63) is 17.1 Å². The second-order valence-corrected chi connectivity index (χ2v) is 8.63. The van der Waals surface area contributed by atoms with Gasteiger partial charge in [0.1, 0.15) is 11.3 Å². The van der Waals surface area contributed by atoms with E-state index in [1.165, 1.54) is 66.9 Å². The Kier molecular flexibility index (Phi) is 6.26. The summed E-state index contributed by atoms with van der Waals surface area (Å²) in [6.45, 7) is 7.52. The van der Waals surface area contributed by atoms with E-state index in [4.69, 9.17) is 10.7 Å². The average molecular weight is 361 g/mol. The Morgan fingerprint density at radius 3 is 2.60 bits per heavy atom. The highest BCUT2D eigenvalue weighted by atomic mass is 32.2. The second kappa shape index (κ2) is 8.43. The topological polar surface area (TPSA) is 56.7 Å². The predicted molar refractivity (Wildman–Crippen MR) is 109 cm³/mol. The number of hydrogen-bond acceptors (Lipinski definition) is 4. The molecule has 0 saturated heterocycles. The van der Waals surface area contributed by atoms with Crippen LogP contribution < -0.4 is 5.73 Å². The quantitative estimate of drug-likeness (QED) is 0.613. The van der Waals surface area contributed by atoms with Gasteiger partial charge in [-0.05, 0) is 68.9 Å². The molecule has 25 heavy (non-hydrogen) atoms. The maximum absolute atomic E-state index is 6.19. The monoisotopic (exact) mass is 360 g/mol. The standard InChI is InChI=1S/C20H32N4S/c1-4-5-11-25-12-7-6-10-24-17(13-16-8-9-16)23-18-19(24)14(2)15(3)22-20(18)21/h16H,4-13H2,1-3H3,(H2,21,22). The molecule has 0 radical (unpaired) electrons. The molecule has 1 aliphatic carbocycles. The lowest BCUT2D eigenvalue weighted by Gasteiger charge is -2.12. The van der Waals surface area contributed by atoms with Crippen molar-refractivity contribution in [1.82, 2.24) is 14.5 Å². The molecule has 0 spiro atoms. The lowest BCUT2D eigenvalue weighted by molar-refractivity contribution is 0.603. The van der Waals surface area contributed by atoms with Gasteiger partial charge in [-0.2, -0.15) is 11.8 Å². The molecular formula is C20H32N4S. The van der Waals surface area contributed by atoms with Crippen LogP contribution in [0.1, 0.15) is 62.5 Å². The number of rotatable bonds is 10. The first-order valence-electron chi connectivity index (χ1n) is 9.81. The Balaban J connectivity index is 1.74. The van der Waals surface area contributed by atoms with Crippen LogP contribution >= 0.6 is 11.8 Å². The number of imidazole rings is 1. The zero-order valence-corrected chi connectivity index (χ0v) is 16.8. The van der Waals surface area contributed by atoms with Crippen molar-refractivity contribution in [3.63, 3.8) is 0 Å². The number of anilines is 1. The predicted octanol–water partition coefficient (Wildman–Crippen LogP) is 4.90. The number of nitrogens with two attached hydrogens (primary N) is 1. The van der Waals surface area contributed by atoms with Gasteiger partial charge in [0.05, 0.1) is 5.52 Å². The molecule has 2 aromatic heterocycles. The van der Waals surface area contributed by atoms with Crippen LogP contribution in [0.4, 0.5) is 5.82 Å². The lowest BCUT2D eigenvalue weighted by Crippen LogP contribution is -2.07. The van der Waals surface area contributed by atoms with Gasteiger partial charge in [0.25, 0.3) is 0 Å². The minimum atomic E-state index is 0.587. The molecule has 3 rings (SSSR count). The molecule has 1 saturated carbocycles. The van der Waals surface area contributed by atoms with Gasteiger partial charge < -0.3 is 10.3 Å². The first kappa shape index (κ1) is 18.6. The van der Waals surface area contributed by atoms with E-state index in [2.05, 4.69) is 35.2 Å². The molecule has 5 heteroatoms. The SMILES string of the molecule is CCCCSCCCCn1c(CC2CC2)nc2c(N)nc(C)c(C)c21. The minimum Gasteiger partial charge on any atom is -0.382 e. The molecule has 0 atom stereocenters. The Bertz CT molecular complexity index is 718. The zero-order valence-electron chi connectivity index (χ0n) is 16.0. The highest BCUT2D eigenvalue weighted by molar-refractivity contribution is 7.99. The molecule has 0 bridgehead atoms. The first-order valence-corrected chi connectivity index (χ1v) is 11.0. The molecule has 0 unspecified atom stereocenters. The number of pyridine rings is 1. The van der Waals surface area contributed by atoms with E-state index in [0.717, 1.165) is 30.1 Å². The normalized spacial score (nSPS) is 14.5. The molecule has 0 aromatic carbocycles. The lowest BCUT2D eigenvalue weighted by atomic mass is 10.2. The zero-order chi connectivity index (χ0) is 17.8. The maximum atomic E-state index is 6.19. The number of thioether (sulfide) groups is 1. The van der Waals surface area contributed by atoms with Crippen molar-refractivity contribution < 1.29 is 0 Å². The molecule has 2 heterocycles.